The molecule has 0 bridgehead atoms. The van der Waals surface area contributed by atoms with Crippen LogP contribution in [-0.4, -0.2) is 12.8 Å². The second-order valence-electron chi connectivity index (χ2n) is 5.89. The molecule has 0 spiro atoms. The maximum Gasteiger partial charge on any atom is 0.231 e. The summed E-state index contributed by atoms with van der Waals surface area (Å²) in [4.78, 5) is 0. The van der Waals surface area contributed by atoms with E-state index < -0.39 is 0 Å². The molecule has 98 valence electrons. The van der Waals surface area contributed by atoms with E-state index in [1.54, 1.807) is 0 Å². The molecule has 3 rings (SSSR count). The van der Waals surface area contributed by atoms with Crippen molar-refractivity contribution in [2.24, 2.45) is 5.73 Å². The minimum atomic E-state index is 0.167. The third-order valence-electron chi connectivity index (χ3n) is 4.36. The molecule has 1 aliphatic carbocycles. The summed E-state index contributed by atoms with van der Waals surface area (Å²) in [5.41, 5.74) is 9.10. The van der Waals surface area contributed by atoms with Crippen molar-refractivity contribution >= 4 is 0 Å². The molecule has 0 saturated heterocycles. The van der Waals surface area contributed by atoms with Crippen LogP contribution in [0.15, 0.2) is 12.1 Å². The van der Waals surface area contributed by atoms with E-state index in [4.69, 9.17) is 15.2 Å². The van der Waals surface area contributed by atoms with Crippen molar-refractivity contribution < 1.29 is 9.47 Å². The van der Waals surface area contributed by atoms with Gasteiger partial charge in [0.25, 0.3) is 0 Å². The van der Waals surface area contributed by atoms with Crippen LogP contribution >= 0.6 is 0 Å². The van der Waals surface area contributed by atoms with Crippen LogP contribution in [0.5, 0.6) is 11.5 Å². The summed E-state index contributed by atoms with van der Waals surface area (Å²) in [6.45, 7) is 6.89. The largest absolute Gasteiger partial charge is 0.454 e. The SMILES string of the molecule is CC(C)c1cc2c(cc1C1(C(C)N)CC1)OCO2. The smallest absolute Gasteiger partial charge is 0.231 e. The van der Waals surface area contributed by atoms with E-state index in [0.29, 0.717) is 12.7 Å². The number of nitrogens with two attached hydrogens (primary N) is 1. The van der Waals surface area contributed by atoms with E-state index in [0.717, 1.165) is 11.5 Å². The van der Waals surface area contributed by atoms with Gasteiger partial charge in [0.1, 0.15) is 0 Å². The molecule has 1 unspecified atom stereocenters. The van der Waals surface area contributed by atoms with Crippen LogP contribution < -0.4 is 15.2 Å². The van der Waals surface area contributed by atoms with Crippen molar-refractivity contribution in [1.82, 2.24) is 0 Å². The first-order valence-corrected chi connectivity index (χ1v) is 6.74. The maximum absolute atomic E-state index is 6.21. The predicted molar refractivity (Wildman–Crippen MR) is 71.2 cm³/mol. The van der Waals surface area contributed by atoms with Crippen molar-refractivity contribution in [2.45, 2.75) is 51.0 Å². The van der Waals surface area contributed by atoms with E-state index in [9.17, 15) is 0 Å². The zero-order valence-corrected chi connectivity index (χ0v) is 11.3. The van der Waals surface area contributed by atoms with E-state index in [2.05, 4.69) is 32.9 Å². The molecule has 2 aliphatic rings. The molecule has 1 aliphatic heterocycles. The second-order valence-corrected chi connectivity index (χ2v) is 5.89. The minimum absolute atomic E-state index is 0.167. The van der Waals surface area contributed by atoms with Gasteiger partial charge in [0.2, 0.25) is 6.79 Å². The molecule has 1 aromatic rings. The molecule has 1 aromatic carbocycles. The number of hydrogen-bond acceptors (Lipinski definition) is 3. The van der Waals surface area contributed by atoms with Crippen LogP contribution in [0.1, 0.15) is 50.7 Å². The highest BCUT2D eigenvalue weighted by atomic mass is 16.7. The third kappa shape index (κ3) is 1.61. The first-order chi connectivity index (χ1) is 8.54. The Morgan fingerprint density at radius 3 is 2.22 bits per heavy atom. The highest BCUT2D eigenvalue weighted by Gasteiger charge is 2.49. The summed E-state index contributed by atoms with van der Waals surface area (Å²) in [5.74, 6) is 2.23. The van der Waals surface area contributed by atoms with E-state index in [1.165, 1.54) is 24.0 Å². The standard InChI is InChI=1S/C15H21NO2/c1-9(2)11-6-13-14(18-8-17-13)7-12(11)15(4-5-15)10(3)16/h6-7,9-10H,4-5,8,16H2,1-3H3. The van der Waals surface area contributed by atoms with Gasteiger partial charge in [0, 0.05) is 11.5 Å². The van der Waals surface area contributed by atoms with Gasteiger partial charge in [0.05, 0.1) is 0 Å². The van der Waals surface area contributed by atoms with Crippen molar-refractivity contribution in [3.63, 3.8) is 0 Å². The Bertz CT molecular complexity index is 476. The van der Waals surface area contributed by atoms with Crippen LogP contribution in [0, 0.1) is 0 Å². The first-order valence-electron chi connectivity index (χ1n) is 6.74. The van der Waals surface area contributed by atoms with Gasteiger partial charge in [-0.15, -0.1) is 0 Å². The molecular formula is C15H21NO2. The number of fused-ring (bicyclic) bond motifs is 1. The van der Waals surface area contributed by atoms with E-state index >= 15 is 0 Å². The molecule has 1 heterocycles. The van der Waals surface area contributed by atoms with Crippen LogP contribution in [-0.2, 0) is 5.41 Å². The van der Waals surface area contributed by atoms with Gasteiger partial charge in [-0.1, -0.05) is 13.8 Å². The van der Waals surface area contributed by atoms with Crippen molar-refractivity contribution in [1.29, 1.82) is 0 Å². The molecule has 1 fully saturated rings. The quantitative estimate of drug-likeness (QED) is 0.893. The Labute approximate surface area is 108 Å². The number of ether oxygens (including phenoxy) is 2. The maximum atomic E-state index is 6.21. The van der Waals surface area contributed by atoms with Gasteiger partial charge in [-0.2, -0.15) is 0 Å². The lowest BCUT2D eigenvalue weighted by atomic mass is 9.82. The molecule has 0 aromatic heterocycles. The fourth-order valence-electron chi connectivity index (χ4n) is 2.97. The summed E-state index contributed by atoms with van der Waals surface area (Å²) < 4.78 is 11.0. The Morgan fingerprint density at radius 1 is 1.11 bits per heavy atom. The zero-order chi connectivity index (χ0) is 12.9. The van der Waals surface area contributed by atoms with Crippen LogP contribution in [0.25, 0.3) is 0 Å². The summed E-state index contributed by atoms with van der Waals surface area (Å²) in [7, 11) is 0. The fourth-order valence-corrected chi connectivity index (χ4v) is 2.97. The third-order valence-corrected chi connectivity index (χ3v) is 4.36. The van der Waals surface area contributed by atoms with Gasteiger partial charge in [-0.25, -0.2) is 0 Å². The first kappa shape index (κ1) is 11.8. The molecule has 18 heavy (non-hydrogen) atoms. The lowest BCUT2D eigenvalue weighted by Crippen LogP contribution is -2.32. The van der Waals surface area contributed by atoms with Gasteiger partial charge in [0.15, 0.2) is 11.5 Å². The monoisotopic (exact) mass is 247 g/mol. The van der Waals surface area contributed by atoms with Gasteiger partial charge >= 0.3 is 0 Å². The topological polar surface area (TPSA) is 44.5 Å². The highest BCUT2D eigenvalue weighted by Crippen LogP contribution is 2.54. The Kier molecular flexibility index (Phi) is 2.56. The second kappa shape index (κ2) is 3.89. The fraction of sp³-hybridized carbons (Fsp3) is 0.600. The number of hydrogen-bond donors (Lipinski definition) is 1. The van der Waals surface area contributed by atoms with Crippen molar-refractivity contribution in [3.05, 3.63) is 23.3 Å². The average Bonchev–Trinajstić information content (AvgIpc) is 3.01. The Balaban J connectivity index is 2.13. The Hall–Kier alpha value is -1.22. The molecule has 0 amide bonds. The van der Waals surface area contributed by atoms with Gasteiger partial charge in [-0.3, -0.25) is 0 Å². The molecule has 2 N–H and O–H groups in total. The molecular weight excluding hydrogens is 226 g/mol. The van der Waals surface area contributed by atoms with Crippen molar-refractivity contribution in [2.75, 3.05) is 6.79 Å². The van der Waals surface area contributed by atoms with Gasteiger partial charge < -0.3 is 15.2 Å². The van der Waals surface area contributed by atoms with E-state index in [-0.39, 0.29) is 11.5 Å². The van der Waals surface area contributed by atoms with Gasteiger partial charge in [-0.05, 0) is 48.9 Å². The summed E-state index contributed by atoms with van der Waals surface area (Å²) in [6, 6.07) is 4.49. The molecule has 1 atom stereocenters. The van der Waals surface area contributed by atoms with E-state index in [1.807, 2.05) is 0 Å². The summed E-state index contributed by atoms with van der Waals surface area (Å²) in [5, 5.41) is 0. The lowest BCUT2D eigenvalue weighted by molar-refractivity contribution is 0.174. The number of benzene rings is 1. The normalized spacial score (nSPS) is 21.2. The molecule has 3 nitrogen and oxygen atoms in total. The van der Waals surface area contributed by atoms with Crippen LogP contribution in [0.4, 0.5) is 0 Å². The molecule has 3 heteroatoms. The Morgan fingerprint density at radius 2 is 1.72 bits per heavy atom. The average molecular weight is 247 g/mol. The summed E-state index contributed by atoms with van der Waals surface area (Å²) in [6.07, 6.45) is 2.37. The summed E-state index contributed by atoms with van der Waals surface area (Å²) >= 11 is 0. The van der Waals surface area contributed by atoms with Crippen LogP contribution in [0.3, 0.4) is 0 Å². The molecule has 1 saturated carbocycles. The molecule has 0 radical (unpaired) electrons. The minimum Gasteiger partial charge on any atom is -0.454 e. The lowest BCUT2D eigenvalue weighted by Gasteiger charge is -2.25. The van der Waals surface area contributed by atoms with Crippen molar-refractivity contribution in [3.8, 4) is 11.5 Å². The van der Waals surface area contributed by atoms with Crippen LogP contribution in [0.2, 0.25) is 0 Å². The zero-order valence-electron chi connectivity index (χ0n) is 11.3. The predicted octanol–water partition coefficient (Wildman–Crippen LogP) is 2.92. The number of rotatable bonds is 3. The highest BCUT2D eigenvalue weighted by molar-refractivity contribution is 5.54.